The highest BCUT2D eigenvalue weighted by Gasteiger charge is 2.37. The lowest BCUT2D eigenvalue weighted by molar-refractivity contribution is 0.316. The van der Waals surface area contributed by atoms with Gasteiger partial charge in [0.2, 0.25) is 11.8 Å². The smallest absolute Gasteiger partial charge is 0.244 e. The van der Waals surface area contributed by atoms with Crippen LogP contribution in [-0.2, 0) is 0 Å². The average Bonchev–Trinajstić information content (AvgIpc) is 3.23. The maximum Gasteiger partial charge on any atom is 0.244 e. The number of benzene rings is 2. The summed E-state index contributed by atoms with van der Waals surface area (Å²) in [7, 11) is 3.13. The largest absolute Gasteiger partial charge is 0.503 e. The van der Waals surface area contributed by atoms with Crippen molar-refractivity contribution in [3.05, 3.63) is 57.4 Å². The maximum atomic E-state index is 10.4. The molecule has 2 aromatic carbocycles. The van der Waals surface area contributed by atoms with Gasteiger partial charge in [0.05, 0.1) is 42.5 Å². The van der Waals surface area contributed by atoms with E-state index in [0.29, 0.717) is 45.0 Å². The number of phenols is 1. The minimum absolute atomic E-state index is 0.0368. The third kappa shape index (κ3) is 3.81. The monoisotopic (exact) mass is 512 g/mol. The number of hydrogen-bond donors (Lipinski definition) is 3. The third-order valence-corrected chi connectivity index (χ3v) is 5.90. The molecule has 0 radical (unpaired) electrons. The predicted octanol–water partition coefficient (Wildman–Crippen LogP) is 4.18. The number of fused-ring (bicyclic) bond motifs is 1. The van der Waals surface area contributed by atoms with Gasteiger partial charge in [0.1, 0.15) is 23.1 Å². The molecule has 4 rings (SSSR count). The van der Waals surface area contributed by atoms with Crippen molar-refractivity contribution in [2.45, 2.75) is 12.8 Å². The first-order chi connectivity index (χ1) is 15.9. The fourth-order valence-corrected chi connectivity index (χ4v) is 4.28. The number of nitriles is 1. The number of ether oxygens (including phenoxy) is 4. The average molecular weight is 513 g/mol. The van der Waals surface area contributed by atoms with Crippen LogP contribution >= 0.6 is 15.9 Å². The van der Waals surface area contributed by atoms with E-state index in [2.05, 4.69) is 32.2 Å². The van der Waals surface area contributed by atoms with E-state index in [1.807, 2.05) is 6.92 Å². The highest BCUT2D eigenvalue weighted by atomic mass is 79.9. The van der Waals surface area contributed by atoms with Crippen LogP contribution < -0.4 is 24.7 Å². The number of aromatic nitrogens is 2. The molecule has 2 heterocycles. The van der Waals surface area contributed by atoms with Gasteiger partial charge in [0.15, 0.2) is 11.5 Å². The van der Waals surface area contributed by atoms with Gasteiger partial charge in [-0.15, -0.1) is 5.10 Å². The molecule has 170 valence electrons. The molecular formula is C23H21BrN4O5. The molecule has 3 aromatic rings. The molecule has 0 bridgehead atoms. The molecular weight excluding hydrogens is 492 g/mol. The summed E-state index contributed by atoms with van der Waals surface area (Å²) in [6, 6.07) is 10.9. The van der Waals surface area contributed by atoms with Gasteiger partial charge in [-0.1, -0.05) is 0 Å². The van der Waals surface area contributed by atoms with E-state index in [-0.39, 0.29) is 28.8 Å². The molecule has 10 heteroatoms. The van der Waals surface area contributed by atoms with Gasteiger partial charge in [-0.3, -0.25) is 5.10 Å². The normalized spacial score (nSPS) is 14.8. The second-order valence-electron chi connectivity index (χ2n) is 7.09. The SMILES string of the molecule is CCOc1cc(C2C(C#N)=C(N)Oc3n[nH]c(-c4cc(OC)ccc4OC)c32)cc(Br)c1O. The first-order valence-electron chi connectivity index (χ1n) is 9.96. The summed E-state index contributed by atoms with van der Waals surface area (Å²) in [4.78, 5) is 0. The molecule has 0 amide bonds. The lowest BCUT2D eigenvalue weighted by atomic mass is 9.82. The summed E-state index contributed by atoms with van der Waals surface area (Å²) in [5, 5.41) is 27.6. The van der Waals surface area contributed by atoms with Crippen LogP contribution in [0.5, 0.6) is 28.9 Å². The van der Waals surface area contributed by atoms with Crippen LogP contribution in [0.3, 0.4) is 0 Å². The minimum atomic E-state index is -0.653. The van der Waals surface area contributed by atoms with Gasteiger partial charge in [-0.25, -0.2) is 0 Å². The molecule has 1 aliphatic rings. The Balaban J connectivity index is 1.99. The lowest BCUT2D eigenvalue weighted by Gasteiger charge is -2.25. The topological polar surface area (TPSA) is 136 Å². The summed E-state index contributed by atoms with van der Waals surface area (Å²) in [6.07, 6.45) is 0. The van der Waals surface area contributed by atoms with E-state index in [0.717, 1.165) is 0 Å². The molecule has 0 saturated carbocycles. The van der Waals surface area contributed by atoms with Crippen molar-refractivity contribution in [1.29, 1.82) is 5.26 Å². The van der Waals surface area contributed by atoms with Crippen LogP contribution in [-0.4, -0.2) is 36.1 Å². The highest BCUT2D eigenvalue weighted by Crippen LogP contribution is 2.49. The number of allylic oxidation sites excluding steroid dienone is 1. The molecule has 1 aromatic heterocycles. The van der Waals surface area contributed by atoms with Crippen molar-refractivity contribution < 1.29 is 24.1 Å². The van der Waals surface area contributed by atoms with Gasteiger partial charge in [0, 0.05) is 5.56 Å². The second-order valence-corrected chi connectivity index (χ2v) is 7.95. The van der Waals surface area contributed by atoms with Gasteiger partial charge in [-0.05, 0) is 58.7 Å². The summed E-state index contributed by atoms with van der Waals surface area (Å²) < 4.78 is 22.6. The summed E-state index contributed by atoms with van der Waals surface area (Å²) in [5.74, 6) is 0.957. The summed E-state index contributed by atoms with van der Waals surface area (Å²) in [6.45, 7) is 2.16. The molecule has 4 N–H and O–H groups in total. The molecule has 0 aliphatic carbocycles. The quantitative estimate of drug-likeness (QED) is 0.447. The van der Waals surface area contributed by atoms with Crippen LogP contribution in [0.2, 0.25) is 0 Å². The third-order valence-electron chi connectivity index (χ3n) is 5.30. The minimum Gasteiger partial charge on any atom is -0.503 e. The number of nitrogens with one attached hydrogen (secondary N) is 1. The fourth-order valence-electron chi connectivity index (χ4n) is 3.82. The van der Waals surface area contributed by atoms with Crippen molar-refractivity contribution in [2.75, 3.05) is 20.8 Å². The number of hydrogen-bond acceptors (Lipinski definition) is 8. The first-order valence-corrected chi connectivity index (χ1v) is 10.8. The molecule has 0 saturated heterocycles. The van der Waals surface area contributed by atoms with E-state index in [1.165, 1.54) is 0 Å². The van der Waals surface area contributed by atoms with E-state index in [1.54, 1.807) is 44.6 Å². The number of H-pyrrole nitrogens is 1. The number of halogens is 1. The molecule has 1 aliphatic heterocycles. The van der Waals surface area contributed by atoms with Crippen LogP contribution in [0, 0.1) is 11.3 Å². The number of nitrogens with two attached hydrogens (primary N) is 1. The van der Waals surface area contributed by atoms with Gasteiger partial charge >= 0.3 is 0 Å². The summed E-state index contributed by atoms with van der Waals surface area (Å²) in [5.41, 5.74) is 8.77. The molecule has 0 spiro atoms. The maximum absolute atomic E-state index is 10.4. The Morgan fingerprint density at radius 1 is 1.24 bits per heavy atom. The van der Waals surface area contributed by atoms with Crippen LogP contribution in [0.1, 0.15) is 24.0 Å². The number of phenolic OH excluding ortho intramolecular Hbond substituents is 1. The van der Waals surface area contributed by atoms with Crippen molar-refractivity contribution in [3.63, 3.8) is 0 Å². The molecule has 1 unspecified atom stereocenters. The highest BCUT2D eigenvalue weighted by molar-refractivity contribution is 9.10. The molecule has 33 heavy (non-hydrogen) atoms. The fraction of sp³-hybridized carbons (Fsp3) is 0.217. The van der Waals surface area contributed by atoms with Crippen molar-refractivity contribution >= 4 is 15.9 Å². The predicted molar refractivity (Wildman–Crippen MR) is 123 cm³/mol. The van der Waals surface area contributed by atoms with Gasteiger partial charge in [0.25, 0.3) is 0 Å². The van der Waals surface area contributed by atoms with Gasteiger partial charge < -0.3 is 29.8 Å². The molecule has 0 fully saturated rings. The standard InChI is InChI=1S/C23H21BrN4O5/c1-4-32-17-8-11(7-15(24)21(17)29)18-14(10-25)22(26)33-23-19(18)20(27-28-23)13-9-12(30-2)5-6-16(13)31-3/h5-9,18,29H,4,26H2,1-3H3,(H,27,28). The number of methoxy groups -OCH3 is 2. The van der Waals surface area contributed by atoms with Crippen LogP contribution in [0.25, 0.3) is 11.3 Å². The zero-order valence-corrected chi connectivity index (χ0v) is 19.7. The van der Waals surface area contributed by atoms with Crippen molar-refractivity contribution in [1.82, 2.24) is 10.2 Å². The Labute approximate surface area is 198 Å². The van der Waals surface area contributed by atoms with Crippen molar-refractivity contribution in [3.8, 4) is 46.2 Å². The zero-order valence-electron chi connectivity index (χ0n) is 18.1. The van der Waals surface area contributed by atoms with E-state index >= 15 is 0 Å². The number of aromatic hydroxyl groups is 1. The Kier molecular flexibility index (Phi) is 6.07. The van der Waals surface area contributed by atoms with Gasteiger partial charge in [-0.2, -0.15) is 5.26 Å². The molecule has 1 atom stereocenters. The van der Waals surface area contributed by atoms with Crippen molar-refractivity contribution in [2.24, 2.45) is 5.73 Å². The summed E-state index contributed by atoms with van der Waals surface area (Å²) >= 11 is 3.37. The second kappa shape index (κ2) is 8.96. The molecule has 9 nitrogen and oxygen atoms in total. The lowest BCUT2D eigenvalue weighted by Crippen LogP contribution is -2.21. The Morgan fingerprint density at radius 3 is 2.70 bits per heavy atom. The Bertz CT molecular complexity index is 1290. The first kappa shape index (κ1) is 22.4. The Morgan fingerprint density at radius 2 is 2.03 bits per heavy atom. The van der Waals surface area contributed by atoms with Crippen LogP contribution in [0.4, 0.5) is 0 Å². The number of nitrogens with zero attached hydrogens (tertiary/aromatic N) is 2. The zero-order chi connectivity index (χ0) is 23.7. The van der Waals surface area contributed by atoms with Crippen LogP contribution in [0.15, 0.2) is 46.3 Å². The van der Waals surface area contributed by atoms with E-state index in [4.69, 9.17) is 24.7 Å². The van der Waals surface area contributed by atoms with E-state index < -0.39 is 5.92 Å². The number of aromatic amines is 1. The van der Waals surface area contributed by atoms with E-state index in [9.17, 15) is 10.4 Å². The number of rotatable bonds is 6. The Hall–Kier alpha value is -3.84.